The summed E-state index contributed by atoms with van der Waals surface area (Å²) in [6.07, 6.45) is 2.27. The predicted octanol–water partition coefficient (Wildman–Crippen LogP) is 4.00. The molecule has 1 N–H and O–H groups in total. The number of ether oxygens (including phenoxy) is 1. The number of hydrogen-bond acceptors (Lipinski definition) is 2. The Labute approximate surface area is 112 Å². The van der Waals surface area contributed by atoms with E-state index in [2.05, 4.69) is 57.3 Å². The van der Waals surface area contributed by atoms with Crippen molar-refractivity contribution in [2.45, 2.75) is 53.1 Å². The smallest absolute Gasteiger partial charge is 0.119 e. The van der Waals surface area contributed by atoms with Gasteiger partial charge in [-0.1, -0.05) is 39.3 Å². The Morgan fingerprint density at radius 3 is 2.33 bits per heavy atom. The Balaban J connectivity index is 2.39. The molecule has 0 aliphatic heterocycles. The molecule has 18 heavy (non-hydrogen) atoms. The van der Waals surface area contributed by atoms with Crippen molar-refractivity contribution in [1.29, 1.82) is 0 Å². The van der Waals surface area contributed by atoms with Gasteiger partial charge < -0.3 is 10.1 Å². The van der Waals surface area contributed by atoms with E-state index in [0.717, 1.165) is 31.2 Å². The standard InChI is InChI=1S/C16H27NO/c1-5-11-18-16-9-7-15(8-10-16)12-17-14(4)13(3)6-2/h7-10,13-14,17H,5-6,11-12H2,1-4H3. The first-order chi connectivity index (χ1) is 8.67. The van der Waals surface area contributed by atoms with Gasteiger partial charge in [0.1, 0.15) is 5.75 Å². The van der Waals surface area contributed by atoms with Crippen LogP contribution in [-0.2, 0) is 6.54 Å². The van der Waals surface area contributed by atoms with Crippen LogP contribution >= 0.6 is 0 Å². The maximum atomic E-state index is 5.57. The Kier molecular flexibility index (Phi) is 6.81. The van der Waals surface area contributed by atoms with E-state index in [4.69, 9.17) is 4.74 Å². The summed E-state index contributed by atoms with van der Waals surface area (Å²) in [5, 5.41) is 3.57. The second-order valence-electron chi connectivity index (χ2n) is 5.05. The first-order valence-electron chi connectivity index (χ1n) is 7.12. The summed E-state index contributed by atoms with van der Waals surface area (Å²) in [6.45, 7) is 10.6. The van der Waals surface area contributed by atoms with Gasteiger partial charge in [0, 0.05) is 12.6 Å². The van der Waals surface area contributed by atoms with Crippen LogP contribution in [0.4, 0.5) is 0 Å². The van der Waals surface area contributed by atoms with Gasteiger partial charge in [0.25, 0.3) is 0 Å². The molecule has 2 nitrogen and oxygen atoms in total. The number of nitrogens with one attached hydrogen (secondary N) is 1. The molecule has 2 heteroatoms. The molecule has 0 radical (unpaired) electrons. The average molecular weight is 249 g/mol. The van der Waals surface area contributed by atoms with Crippen LogP contribution in [-0.4, -0.2) is 12.6 Å². The third-order valence-corrected chi connectivity index (χ3v) is 3.52. The topological polar surface area (TPSA) is 21.3 Å². The molecule has 102 valence electrons. The fourth-order valence-electron chi connectivity index (χ4n) is 1.76. The molecule has 2 unspecified atom stereocenters. The van der Waals surface area contributed by atoms with Crippen molar-refractivity contribution in [3.63, 3.8) is 0 Å². The number of benzene rings is 1. The van der Waals surface area contributed by atoms with Gasteiger partial charge in [0.05, 0.1) is 6.61 Å². The summed E-state index contributed by atoms with van der Waals surface area (Å²) in [7, 11) is 0. The van der Waals surface area contributed by atoms with Gasteiger partial charge in [0.15, 0.2) is 0 Å². The van der Waals surface area contributed by atoms with E-state index < -0.39 is 0 Å². The second-order valence-corrected chi connectivity index (χ2v) is 5.05. The number of hydrogen-bond donors (Lipinski definition) is 1. The van der Waals surface area contributed by atoms with Crippen molar-refractivity contribution in [2.75, 3.05) is 6.61 Å². The second kappa shape index (κ2) is 8.15. The Bertz CT molecular complexity index is 320. The molecule has 2 atom stereocenters. The number of rotatable bonds is 8. The molecular weight excluding hydrogens is 222 g/mol. The molecule has 1 rings (SSSR count). The molecule has 0 aromatic heterocycles. The van der Waals surface area contributed by atoms with Crippen molar-refractivity contribution in [2.24, 2.45) is 5.92 Å². The Hall–Kier alpha value is -1.02. The van der Waals surface area contributed by atoms with Crippen LogP contribution in [0.3, 0.4) is 0 Å². The zero-order valence-electron chi connectivity index (χ0n) is 12.2. The lowest BCUT2D eigenvalue weighted by atomic mass is 10.0. The minimum absolute atomic E-state index is 0.561. The van der Waals surface area contributed by atoms with Crippen molar-refractivity contribution in [3.8, 4) is 5.75 Å². The summed E-state index contributed by atoms with van der Waals surface area (Å²) >= 11 is 0. The molecule has 0 bridgehead atoms. The molecule has 0 saturated heterocycles. The predicted molar refractivity (Wildman–Crippen MR) is 78.0 cm³/mol. The van der Waals surface area contributed by atoms with Crippen LogP contribution in [0.5, 0.6) is 5.75 Å². The average Bonchev–Trinajstić information content (AvgIpc) is 2.42. The lowest BCUT2D eigenvalue weighted by Crippen LogP contribution is -2.31. The van der Waals surface area contributed by atoms with Gasteiger partial charge in [0.2, 0.25) is 0 Å². The van der Waals surface area contributed by atoms with Crippen molar-refractivity contribution < 1.29 is 4.74 Å². The minimum atomic E-state index is 0.561. The highest BCUT2D eigenvalue weighted by atomic mass is 16.5. The molecular formula is C16H27NO. The minimum Gasteiger partial charge on any atom is -0.494 e. The molecule has 0 heterocycles. The van der Waals surface area contributed by atoms with Crippen LogP contribution in [0, 0.1) is 5.92 Å². The molecule has 0 aliphatic rings. The van der Waals surface area contributed by atoms with Crippen LogP contribution in [0.25, 0.3) is 0 Å². The van der Waals surface area contributed by atoms with Gasteiger partial charge >= 0.3 is 0 Å². The Morgan fingerprint density at radius 1 is 1.11 bits per heavy atom. The summed E-state index contributed by atoms with van der Waals surface area (Å²) < 4.78 is 5.57. The quantitative estimate of drug-likeness (QED) is 0.752. The summed E-state index contributed by atoms with van der Waals surface area (Å²) in [5.74, 6) is 1.69. The molecule has 0 amide bonds. The third-order valence-electron chi connectivity index (χ3n) is 3.52. The van der Waals surface area contributed by atoms with Crippen molar-refractivity contribution in [1.82, 2.24) is 5.32 Å². The molecule has 0 aliphatic carbocycles. The van der Waals surface area contributed by atoms with Crippen LogP contribution in [0.15, 0.2) is 24.3 Å². The van der Waals surface area contributed by atoms with E-state index in [1.54, 1.807) is 0 Å². The molecule has 0 saturated carbocycles. The fraction of sp³-hybridized carbons (Fsp3) is 0.625. The maximum absolute atomic E-state index is 5.57. The molecule has 1 aromatic carbocycles. The molecule has 0 fully saturated rings. The first-order valence-corrected chi connectivity index (χ1v) is 7.12. The summed E-state index contributed by atoms with van der Waals surface area (Å²) in [4.78, 5) is 0. The Morgan fingerprint density at radius 2 is 1.78 bits per heavy atom. The third kappa shape index (κ3) is 5.09. The monoisotopic (exact) mass is 249 g/mol. The van der Waals surface area contributed by atoms with Gasteiger partial charge in [-0.2, -0.15) is 0 Å². The van der Waals surface area contributed by atoms with Gasteiger partial charge in [-0.15, -0.1) is 0 Å². The van der Waals surface area contributed by atoms with Crippen LogP contribution in [0.2, 0.25) is 0 Å². The SMILES string of the molecule is CCCOc1ccc(CNC(C)C(C)CC)cc1. The van der Waals surface area contributed by atoms with Gasteiger partial charge in [-0.05, 0) is 37.0 Å². The maximum Gasteiger partial charge on any atom is 0.119 e. The molecule has 0 spiro atoms. The molecule has 1 aromatic rings. The van der Waals surface area contributed by atoms with E-state index in [-0.39, 0.29) is 0 Å². The van der Waals surface area contributed by atoms with E-state index in [1.807, 2.05) is 0 Å². The van der Waals surface area contributed by atoms with Gasteiger partial charge in [-0.25, -0.2) is 0 Å². The zero-order valence-corrected chi connectivity index (χ0v) is 12.2. The van der Waals surface area contributed by atoms with Crippen LogP contribution in [0.1, 0.15) is 46.1 Å². The van der Waals surface area contributed by atoms with E-state index >= 15 is 0 Å². The van der Waals surface area contributed by atoms with Crippen molar-refractivity contribution >= 4 is 0 Å². The first kappa shape index (κ1) is 15.0. The largest absolute Gasteiger partial charge is 0.494 e. The lowest BCUT2D eigenvalue weighted by Gasteiger charge is -2.20. The normalized spacial score (nSPS) is 14.2. The van der Waals surface area contributed by atoms with Gasteiger partial charge in [-0.3, -0.25) is 0 Å². The fourth-order valence-corrected chi connectivity index (χ4v) is 1.76. The zero-order chi connectivity index (χ0) is 13.4. The van der Waals surface area contributed by atoms with E-state index in [1.165, 1.54) is 12.0 Å². The highest BCUT2D eigenvalue weighted by molar-refractivity contribution is 5.27. The highest BCUT2D eigenvalue weighted by Crippen LogP contribution is 2.13. The summed E-state index contributed by atoms with van der Waals surface area (Å²) in [6, 6.07) is 8.95. The summed E-state index contributed by atoms with van der Waals surface area (Å²) in [5.41, 5.74) is 1.31. The van der Waals surface area contributed by atoms with E-state index in [0.29, 0.717) is 6.04 Å². The highest BCUT2D eigenvalue weighted by Gasteiger charge is 2.08. The van der Waals surface area contributed by atoms with Crippen LogP contribution < -0.4 is 10.1 Å². The lowest BCUT2D eigenvalue weighted by molar-refractivity contribution is 0.317. The van der Waals surface area contributed by atoms with Crippen molar-refractivity contribution in [3.05, 3.63) is 29.8 Å². The van der Waals surface area contributed by atoms with E-state index in [9.17, 15) is 0 Å².